The molecule has 0 N–H and O–H groups in total. The largest absolute Gasteiger partial charge is 0.341 e. The van der Waals surface area contributed by atoms with Crippen LogP contribution in [-0.2, 0) is 14.8 Å². The maximum atomic E-state index is 13.1. The Kier molecular flexibility index (Phi) is 5.74. The van der Waals surface area contributed by atoms with E-state index in [1.165, 1.54) is 9.88 Å². The fraction of sp³-hybridized carbons (Fsp3) is 0.591. The SMILES string of the molecule is CC(C)=C[C@@H]1[C@@H](C(=O)N2CCCN(S(=O)(=O)c3ccc(C)cc3)CC2)C1(C)C. The van der Waals surface area contributed by atoms with Gasteiger partial charge in [-0.3, -0.25) is 4.79 Å². The van der Waals surface area contributed by atoms with Gasteiger partial charge in [-0.2, -0.15) is 4.31 Å². The number of hydrogen-bond donors (Lipinski definition) is 0. The van der Waals surface area contributed by atoms with Crippen molar-refractivity contribution in [3.8, 4) is 0 Å². The number of allylic oxidation sites excluding steroid dienone is 2. The summed E-state index contributed by atoms with van der Waals surface area (Å²) in [6, 6.07) is 6.96. The van der Waals surface area contributed by atoms with Gasteiger partial charge < -0.3 is 4.90 Å². The van der Waals surface area contributed by atoms with Gasteiger partial charge in [0.1, 0.15) is 0 Å². The minimum absolute atomic E-state index is 0.00246. The maximum Gasteiger partial charge on any atom is 0.243 e. The minimum atomic E-state index is -3.52. The molecule has 28 heavy (non-hydrogen) atoms. The third-order valence-electron chi connectivity index (χ3n) is 6.11. The fourth-order valence-corrected chi connectivity index (χ4v) is 5.70. The minimum Gasteiger partial charge on any atom is -0.341 e. The van der Waals surface area contributed by atoms with E-state index in [2.05, 4.69) is 33.8 Å². The maximum absolute atomic E-state index is 13.1. The van der Waals surface area contributed by atoms with Crippen molar-refractivity contribution in [2.75, 3.05) is 26.2 Å². The predicted octanol–water partition coefficient (Wildman–Crippen LogP) is 3.46. The van der Waals surface area contributed by atoms with E-state index >= 15 is 0 Å². The Labute approximate surface area is 169 Å². The van der Waals surface area contributed by atoms with E-state index in [0.29, 0.717) is 37.5 Å². The molecule has 1 saturated carbocycles. The zero-order chi connectivity index (χ0) is 20.7. The number of rotatable bonds is 4. The molecule has 2 atom stereocenters. The van der Waals surface area contributed by atoms with Gasteiger partial charge in [-0.25, -0.2) is 8.42 Å². The number of benzene rings is 1. The summed E-state index contributed by atoms with van der Waals surface area (Å²) in [6.07, 6.45) is 2.87. The van der Waals surface area contributed by atoms with Crippen LogP contribution in [-0.4, -0.2) is 49.7 Å². The van der Waals surface area contributed by atoms with Crippen LogP contribution >= 0.6 is 0 Å². The van der Waals surface area contributed by atoms with Gasteiger partial charge in [0.25, 0.3) is 0 Å². The Balaban J connectivity index is 1.69. The highest BCUT2D eigenvalue weighted by Gasteiger charge is 2.61. The predicted molar refractivity (Wildman–Crippen MR) is 111 cm³/mol. The van der Waals surface area contributed by atoms with Gasteiger partial charge in [0.05, 0.1) is 10.8 Å². The van der Waals surface area contributed by atoms with Crippen molar-refractivity contribution in [3.63, 3.8) is 0 Å². The third-order valence-corrected chi connectivity index (χ3v) is 8.03. The van der Waals surface area contributed by atoms with Crippen molar-refractivity contribution in [1.82, 2.24) is 9.21 Å². The number of amides is 1. The van der Waals surface area contributed by atoms with Gasteiger partial charge in [0.15, 0.2) is 0 Å². The quantitative estimate of drug-likeness (QED) is 0.722. The summed E-state index contributed by atoms with van der Waals surface area (Å²) in [4.78, 5) is 15.3. The van der Waals surface area contributed by atoms with Crippen LogP contribution in [0.2, 0.25) is 0 Å². The monoisotopic (exact) mass is 404 g/mol. The zero-order valence-electron chi connectivity index (χ0n) is 17.6. The third kappa shape index (κ3) is 4.03. The Morgan fingerprint density at radius 1 is 1.07 bits per heavy atom. The lowest BCUT2D eigenvalue weighted by atomic mass is 10.1. The molecule has 1 aromatic rings. The molecule has 1 amide bonds. The second kappa shape index (κ2) is 7.64. The van der Waals surface area contributed by atoms with E-state index in [0.717, 1.165) is 5.56 Å². The molecule has 5 nitrogen and oxygen atoms in total. The highest BCUT2D eigenvalue weighted by molar-refractivity contribution is 7.89. The summed E-state index contributed by atoms with van der Waals surface area (Å²) in [6.45, 7) is 12.2. The van der Waals surface area contributed by atoms with Gasteiger partial charge in [0, 0.05) is 26.2 Å². The summed E-state index contributed by atoms with van der Waals surface area (Å²) in [5.74, 6) is 0.449. The zero-order valence-corrected chi connectivity index (χ0v) is 18.4. The summed E-state index contributed by atoms with van der Waals surface area (Å²) >= 11 is 0. The van der Waals surface area contributed by atoms with Gasteiger partial charge in [-0.05, 0) is 50.7 Å². The Morgan fingerprint density at radius 2 is 1.71 bits per heavy atom. The second-order valence-corrected chi connectivity index (χ2v) is 10.9. The van der Waals surface area contributed by atoms with Crippen LogP contribution in [0.25, 0.3) is 0 Å². The first-order valence-corrected chi connectivity index (χ1v) is 11.5. The summed E-state index contributed by atoms with van der Waals surface area (Å²) in [5.41, 5.74) is 2.25. The van der Waals surface area contributed by atoms with E-state index in [4.69, 9.17) is 0 Å². The molecule has 3 rings (SSSR count). The van der Waals surface area contributed by atoms with Gasteiger partial charge >= 0.3 is 0 Å². The summed E-state index contributed by atoms with van der Waals surface area (Å²) in [5, 5.41) is 0. The fourth-order valence-electron chi connectivity index (χ4n) is 4.23. The Hall–Kier alpha value is -1.66. The molecular formula is C22H32N2O3S. The molecule has 0 spiro atoms. The van der Waals surface area contributed by atoms with Crippen LogP contribution in [0.15, 0.2) is 40.8 Å². The smallest absolute Gasteiger partial charge is 0.243 e. The van der Waals surface area contributed by atoms with Crippen molar-refractivity contribution in [2.24, 2.45) is 17.3 Å². The highest BCUT2D eigenvalue weighted by Crippen LogP contribution is 2.60. The van der Waals surface area contributed by atoms with E-state index in [9.17, 15) is 13.2 Å². The number of hydrogen-bond acceptors (Lipinski definition) is 3. The first-order valence-electron chi connectivity index (χ1n) is 10.1. The molecule has 1 heterocycles. The molecule has 1 aromatic carbocycles. The molecule has 1 aliphatic carbocycles. The second-order valence-electron chi connectivity index (χ2n) is 8.96. The lowest BCUT2D eigenvalue weighted by Gasteiger charge is -2.22. The molecule has 2 aliphatic rings. The number of carbonyl (C=O) groups excluding carboxylic acids is 1. The van der Waals surface area contributed by atoms with Gasteiger partial charge in [0.2, 0.25) is 15.9 Å². The van der Waals surface area contributed by atoms with Crippen LogP contribution in [0.3, 0.4) is 0 Å². The molecule has 154 valence electrons. The molecule has 0 bridgehead atoms. The molecular weight excluding hydrogens is 372 g/mol. The average molecular weight is 405 g/mol. The van der Waals surface area contributed by atoms with E-state index in [-0.39, 0.29) is 23.2 Å². The average Bonchev–Trinajstić information content (AvgIpc) is 3.24. The molecule has 1 saturated heterocycles. The van der Waals surface area contributed by atoms with Crippen LogP contribution in [0.5, 0.6) is 0 Å². The van der Waals surface area contributed by atoms with Gasteiger partial charge in [-0.15, -0.1) is 0 Å². The normalized spacial score (nSPS) is 25.1. The van der Waals surface area contributed by atoms with Crippen molar-refractivity contribution in [2.45, 2.75) is 45.9 Å². The van der Waals surface area contributed by atoms with Crippen molar-refractivity contribution < 1.29 is 13.2 Å². The van der Waals surface area contributed by atoms with Crippen LogP contribution in [0, 0.1) is 24.2 Å². The highest BCUT2D eigenvalue weighted by atomic mass is 32.2. The topological polar surface area (TPSA) is 57.7 Å². The van der Waals surface area contributed by atoms with Crippen molar-refractivity contribution in [3.05, 3.63) is 41.5 Å². The van der Waals surface area contributed by atoms with Crippen LogP contribution in [0.4, 0.5) is 0 Å². The Morgan fingerprint density at radius 3 is 2.32 bits per heavy atom. The molecule has 1 aliphatic heterocycles. The molecule has 6 heteroatoms. The number of carbonyl (C=O) groups is 1. The standard InChI is InChI=1S/C22H32N2O3S/c1-16(2)15-19-20(22(19,4)5)21(25)23-11-6-12-24(14-13-23)28(26,27)18-9-7-17(3)8-10-18/h7-10,15,19-20H,6,11-14H2,1-5H3/t19-,20+/m1/s1. The summed E-state index contributed by atoms with van der Waals surface area (Å²) < 4.78 is 27.5. The van der Waals surface area contributed by atoms with Crippen molar-refractivity contribution >= 4 is 15.9 Å². The molecule has 2 fully saturated rings. The van der Waals surface area contributed by atoms with E-state index < -0.39 is 10.0 Å². The van der Waals surface area contributed by atoms with Gasteiger partial charge in [-0.1, -0.05) is 43.2 Å². The van der Waals surface area contributed by atoms with Crippen LogP contribution in [0.1, 0.15) is 39.7 Å². The summed E-state index contributed by atoms with van der Waals surface area (Å²) in [7, 11) is -3.52. The number of sulfonamides is 1. The van der Waals surface area contributed by atoms with Crippen LogP contribution < -0.4 is 0 Å². The molecule has 0 aromatic heterocycles. The van der Waals surface area contributed by atoms with E-state index in [1.807, 2.05) is 24.0 Å². The van der Waals surface area contributed by atoms with E-state index in [1.54, 1.807) is 12.1 Å². The molecule has 0 radical (unpaired) electrons. The van der Waals surface area contributed by atoms with Crippen molar-refractivity contribution in [1.29, 1.82) is 0 Å². The first kappa shape index (κ1) is 21.1. The lowest BCUT2D eigenvalue weighted by molar-refractivity contribution is -0.133. The number of aryl methyl sites for hydroxylation is 1. The first-order chi connectivity index (χ1) is 13.0. The lowest BCUT2D eigenvalue weighted by Crippen LogP contribution is -2.38. The Bertz CT molecular complexity index is 868. The molecule has 0 unspecified atom stereocenters. The number of nitrogens with zero attached hydrogens (tertiary/aromatic N) is 2.